The number of fused-ring (bicyclic) bond motifs is 1. The Hall–Kier alpha value is -3.24. The molecule has 5 rings (SSSR count). The lowest BCUT2D eigenvalue weighted by molar-refractivity contribution is 0.232. The van der Waals surface area contributed by atoms with E-state index in [9.17, 15) is 9.90 Å². The Bertz CT molecular complexity index is 1430. The van der Waals surface area contributed by atoms with Crippen molar-refractivity contribution in [3.8, 4) is 22.9 Å². The van der Waals surface area contributed by atoms with Gasteiger partial charge in [-0.25, -0.2) is 14.8 Å². The van der Waals surface area contributed by atoms with E-state index in [1.54, 1.807) is 6.07 Å². The van der Waals surface area contributed by atoms with Crippen molar-refractivity contribution < 1.29 is 9.63 Å². The molecule has 36 heavy (non-hydrogen) atoms. The first kappa shape index (κ1) is 24.5. The molecule has 1 saturated carbocycles. The van der Waals surface area contributed by atoms with Crippen molar-refractivity contribution in [2.75, 3.05) is 11.9 Å². The van der Waals surface area contributed by atoms with Crippen LogP contribution in [0.25, 0.3) is 34.1 Å². The van der Waals surface area contributed by atoms with Crippen LogP contribution in [-0.4, -0.2) is 46.9 Å². The molecular weight excluding hydrogens is 482 g/mol. The molecule has 3 N–H and O–H groups in total. The molecule has 10 nitrogen and oxygen atoms in total. The number of imidazole rings is 1. The van der Waals surface area contributed by atoms with Gasteiger partial charge in [0.05, 0.1) is 12.1 Å². The highest BCUT2D eigenvalue weighted by Gasteiger charge is 2.27. The molecule has 0 unspecified atom stereocenters. The average Bonchev–Trinajstić information content (AvgIpc) is 3.43. The van der Waals surface area contributed by atoms with E-state index in [2.05, 4.69) is 36.5 Å². The van der Waals surface area contributed by atoms with Crippen LogP contribution in [0.15, 0.2) is 33.6 Å². The molecule has 1 aliphatic rings. The molecule has 3 aromatic heterocycles. The van der Waals surface area contributed by atoms with Gasteiger partial charge in [-0.2, -0.15) is 4.98 Å². The predicted octanol–water partition coefficient (Wildman–Crippen LogP) is 4.50. The zero-order valence-electron chi connectivity index (χ0n) is 20.6. The van der Waals surface area contributed by atoms with Crippen LogP contribution < -0.4 is 11.1 Å². The number of nitrogens with zero attached hydrogens (tertiary/aromatic N) is 5. The molecule has 0 spiro atoms. The maximum atomic E-state index is 11.6. The lowest BCUT2D eigenvalue weighted by Gasteiger charge is -2.29. The van der Waals surface area contributed by atoms with Gasteiger partial charge in [0.1, 0.15) is 11.2 Å². The van der Waals surface area contributed by atoms with Crippen molar-refractivity contribution in [2.45, 2.75) is 58.5 Å². The number of anilines is 1. The van der Waals surface area contributed by atoms with Crippen molar-refractivity contribution in [3.05, 3.63) is 39.8 Å². The first-order valence-corrected chi connectivity index (χ1v) is 12.6. The molecular formula is C25H30ClN7O3. The number of aromatic amines is 1. The smallest absolute Gasteiger partial charge is 0.394 e. The first-order chi connectivity index (χ1) is 17.2. The van der Waals surface area contributed by atoms with Crippen LogP contribution in [0.3, 0.4) is 0 Å². The molecule has 1 fully saturated rings. The van der Waals surface area contributed by atoms with Crippen molar-refractivity contribution in [2.24, 2.45) is 11.8 Å². The van der Waals surface area contributed by atoms with Gasteiger partial charge in [0.2, 0.25) is 17.6 Å². The van der Waals surface area contributed by atoms with Gasteiger partial charge < -0.3 is 15.0 Å². The van der Waals surface area contributed by atoms with E-state index in [1.807, 2.05) is 32.0 Å². The zero-order valence-corrected chi connectivity index (χ0v) is 21.3. The normalized spacial score (nSPS) is 18.6. The number of hydrogen-bond acceptors (Lipinski definition) is 8. The van der Waals surface area contributed by atoms with Crippen LogP contribution in [0.1, 0.15) is 46.5 Å². The summed E-state index contributed by atoms with van der Waals surface area (Å²) in [6, 6.07) is 7.42. The van der Waals surface area contributed by atoms with Crippen LogP contribution in [0.4, 0.5) is 5.95 Å². The van der Waals surface area contributed by atoms with E-state index in [0.29, 0.717) is 28.2 Å². The van der Waals surface area contributed by atoms with Crippen molar-refractivity contribution in [1.29, 1.82) is 0 Å². The standard InChI is InChI=1S/C25H30ClN7O3/c1-14-7-9-15(10-8-14)12-33-19-18(16-5-4-6-17(26)11-16)27-21(22-30-24(35)36-32-22)28-20(19)29-23(33)31-25(2,3)13-34/h4-6,11,14-15,34H,7-10,12-13H2,1-3H3,(H,30,32,35)(H,27,28,29,31). The largest absolute Gasteiger partial charge is 0.439 e. The predicted molar refractivity (Wildman–Crippen MR) is 138 cm³/mol. The fraction of sp³-hybridized carbons (Fsp3) is 0.480. The molecule has 0 saturated heterocycles. The van der Waals surface area contributed by atoms with Crippen molar-refractivity contribution in [1.82, 2.24) is 29.7 Å². The van der Waals surface area contributed by atoms with E-state index in [4.69, 9.17) is 21.6 Å². The summed E-state index contributed by atoms with van der Waals surface area (Å²) in [5, 5.41) is 17.7. The lowest BCUT2D eigenvalue weighted by Crippen LogP contribution is -2.36. The summed E-state index contributed by atoms with van der Waals surface area (Å²) in [4.78, 5) is 28.4. The number of aliphatic hydroxyl groups excluding tert-OH is 1. The molecule has 3 heterocycles. The number of halogens is 1. The van der Waals surface area contributed by atoms with Crippen LogP contribution in [0.2, 0.25) is 5.02 Å². The maximum absolute atomic E-state index is 11.6. The number of rotatable bonds is 7. The van der Waals surface area contributed by atoms with Crippen LogP contribution >= 0.6 is 11.6 Å². The van der Waals surface area contributed by atoms with Crippen molar-refractivity contribution >= 4 is 28.7 Å². The molecule has 1 aliphatic carbocycles. The molecule has 0 atom stereocenters. The maximum Gasteiger partial charge on any atom is 0.439 e. The molecule has 0 amide bonds. The first-order valence-electron chi connectivity index (χ1n) is 12.2. The van der Waals surface area contributed by atoms with Gasteiger partial charge in [-0.15, -0.1) is 0 Å². The summed E-state index contributed by atoms with van der Waals surface area (Å²) in [6.45, 7) is 6.79. The second kappa shape index (κ2) is 9.67. The summed E-state index contributed by atoms with van der Waals surface area (Å²) >= 11 is 6.35. The lowest BCUT2D eigenvalue weighted by atomic mass is 9.83. The number of aromatic nitrogens is 6. The number of H-pyrrole nitrogens is 1. The molecule has 0 bridgehead atoms. The van der Waals surface area contributed by atoms with E-state index in [1.165, 1.54) is 12.8 Å². The molecule has 0 aliphatic heterocycles. The summed E-state index contributed by atoms with van der Waals surface area (Å²) in [7, 11) is 0. The van der Waals surface area contributed by atoms with Gasteiger partial charge in [0.25, 0.3) is 0 Å². The third kappa shape index (κ3) is 5.01. The van der Waals surface area contributed by atoms with Crippen molar-refractivity contribution in [3.63, 3.8) is 0 Å². The number of hydrogen-bond donors (Lipinski definition) is 3. The zero-order chi connectivity index (χ0) is 25.4. The van der Waals surface area contributed by atoms with Crippen LogP contribution in [0.5, 0.6) is 0 Å². The van der Waals surface area contributed by atoms with Gasteiger partial charge in [-0.3, -0.25) is 9.51 Å². The summed E-state index contributed by atoms with van der Waals surface area (Å²) in [5.41, 5.74) is 1.99. The molecule has 4 aromatic rings. The Morgan fingerprint density at radius 1 is 1.22 bits per heavy atom. The highest BCUT2D eigenvalue weighted by molar-refractivity contribution is 6.30. The van der Waals surface area contributed by atoms with Crippen LogP contribution in [0, 0.1) is 11.8 Å². The average molecular weight is 512 g/mol. The molecule has 0 radical (unpaired) electrons. The van der Waals surface area contributed by atoms with E-state index < -0.39 is 11.3 Å². The Labute approximate surface area is 213 Å². The second-order valence-electron chi connectivity index (χ2n) is 10.4. The summed E-state index contributed by atoms with van der Waals surface area (Å²) in [6.07, 6.45) is 4.66. The van der Waals surface area contributed by atoms with Gasteiger partial charge in [0.15, 0.2) is 5.65 Å². The van der Waals surface area contributed by atoms with Gasteiger partial charge >= 0.3 is 5.76 Å². The Balaban J connectivity index is 1.73. The topological polar surface area (TPSA) is 135 Å². The minimum atomic E-state index is -0.692. The number of benzene rings is 1. The SMILES string of the molecule is CC1CCC(Cn2c(NC(C)(C)CO)nc3nc(-c4noc(=O)[nH]4)nc(-c4cccc(Cl)c4)c32)CC1. The monoisotopic (exact) mass is 511 g/mol. The number of nitrogens with one attached hydrogen (secondary N) is 2. The van der Waals surface area contributed by atoms with E-state index in [-0.39, 0.29) is 18.3 Å². The Morgan fingerprint density at radius 3 is 2.67 bits per heavy atom. The highest BCUT2D eigenvalue weighted by atomic mass is 35.5. The number of aliphatic hydroxyl groups is 1. The van der Waals surface area contributed by atoms with Gasteiger partial charge in [-0.05, 0) is 50.7 Å². The minimum Gasteiger partial charge on any atom is -0.394 e. The molecule has 190 valence electrons. The minimum absolute atomic E-state index is 0.0740. The Morgan fingerprint density at radius 2 is 2.00 bits per heavy atom. The summed E-state index contributed by atoms with van der Waals surface area (Å²) in [5.74, 6) is 1.44. The second-order valence-corrected chi connectivity index (χ2v) is 10.8. The summed E-state index contributed by atoms with van der Waals surface area (Å²) < 4.78 is 6.81. The highest BCUT2D eigenvalue weighted by Crippen LogP contribution is 2.36. The molecule has 11 heteroatoms. The third-order valence-corrected chi connectivity index (χ3v) is 7.01. The Kier molecular flexibility index (Phi) is 6.57. The fourth-order valence-corrected chi connectivity index (χ4v) is 4.88. The van der Waals surface area contributed by atoms with Gasteiger partial charge in [0, 0.05) is 17.1 Å². The quantitative estimate of drug-likeness (QED) is 0.330. The molecule has 1 aromatic carbocycles. The third-order valence-electron chi connectivity index (χ3n) is 6.77. The van der Waals surface area contributed by atoms with Crippen LogP contribution in [-0.2, 0) is 6.54 Å². The van der Waals surface area contributed by atoms with E-state index in [0.717, 1.165) is 36.4 Å². The van der Waals surface area contributed by atoms with E-state index >= 15 is 0 Å². The van der Waals surface area contributed by atoms with Gasteiger partial charge in [-0.1, -0.05) is 48.7 Å². The fourth-order valence-electron chi connectivity index (χ4n) is 4.69.